The first kappa shape index (κ1) is 14.5. The van der Waals surface area contributed by atoms with Crippen LogP contribution in [0, 0.1) is 0 Å². The highest BCUT2D eigenvalue weighted by molar-refractivity contribution is 6.04. The van der Waals surface area contributed by atoms with Crippen molar-refractivity contribution in [2.45, 2.75) is 13.0 Å². The van der Waals surface area contributed by atoms with Crippen molar-refractivity contribution in [1.82, 2.24) is 15.2 Å². The molecule has 2 N–H and O–H groups in total. The summed E-state index contributed by atoms with van der Waals surface area (Å²) in [6.07, 6.45) is 2.34. The van der Waals surface area contributed by atoms with Gasteiger partial charge in [0, 0.05) is 23.1 Å². The van der Waals surface area contributed by atoms with Gasteiger partial charge in [0.25, 0.3) is 5.91 Å². The summed E-state index contributed by atoms with van der Waals surface area (Å²) in [6.45, 7) is 1.13. The monoisotopic (exact) mass is 322 g/mol. The fraction of sp³-hybridized carbons (Fsp3) is 0.176. The average Bonchev–Trinajstić information content (AvgIpc) is 2.62. The number of benzene rings is 1. The summed E-state index contributed by atoms with van der Waals surface area (Å²) in [5.74, 6) is -0.569. The molecule has 1 aliphatic heterocycles. The Hall–Kier alpha value is -3.06. The number of H-pyrrole nitrogens is 1. The standard InChI is InChI=1S/C17H14N4O3/c22-16-12-3-1-2-4-14(12)20-21-15(16)17(23)19-11-7-10-9-24-6-5-13(10)18-8-11/h1-4,7-8H,5-6,9H2,(H,19,23)(H,20,22). The molecule has 0 bridgehead atoms. The quantitative estimate of drug-likeness (QED) is 0.747. The van der Waals surface area contributed by atoms with E-state index in [2.05, 4.69) is 20.5 Å². The SMILES string of the molecule is O=C(Nc1cnc2c(c1)COCC2)c1n[nH]c2ccccc2c1=O. The smallest absolute Gasteiger partial charge is 0.280 e. The van der Waals surface area contributed by atoms with Crippen LogP contribution in [0.25, 0.3) is 10.9 Å². The van der Waals surface area contributed by atoms with Gasteiger partial charge in [-0.25, -0.2) is 0 Å². The number of carbonyl (C=O) groups is 1. The predicted octanol–water partition coefficient (Wildman–Crippen LogP) is 1.64. The van der Waals surface area contributed by atoms with E-state index in [1.54, 1.807) is 30.5 Å². The lowest BCUT2D eigenvalue weighted by Crippen LogP contribution is -2.24. The molecule has 4 rings (SSSR count). The van der Waals surface area contributed by atoms with E-state index in [9.17, 15) is 9.59 Å². The summed E-state index contributed by atoms with van der Waals surface area (Å²) in [5, 5.41) is 9.73. The van der Waals surface area contributed by atoms with Gasteiger partial charge in [0.1, 0.15) is 0 Å². The van der Waals surface area contributed by atoms with Gasteiger partial charge in [0.15, 0.2) is 5.69 Å². The van der Waals surface area contributed by atoms with Crippen LogP contribution in [0.1, 0.15) is 21.7 Å². The van der Waals surface area contributed by atoms with Crippen molar-refractivity contribution in [3.63, 3.8) is 0 Å². The van der Waals surface area contributed by atoms with Crippen LogP contribution in [0.4, 0.5) is 5.69 Å². The Labute approximate surface area is 136 Å². The van der Waals surface area contributed by atoms with Crippen LogP contribution >= 0.6 is 0 Å². The Morgan fingerprint density at radius 1 is 1.29 bits per heavy atom. The minimum atomic E-state index is -0.569. The largest absolute Gasteiger partial charge is 0.376 e. The first-order valence-corrected chi connectivity index (χ1v) is 7.57. The number of anilines is 1. The number of rotatable bonds is 2. The van der Waals surface area contributed by atoms with E-state index in [4.69, 9.17) is 4.74 Å². The fourth-order valence-electron chi connectivity index (χ4n) is 2.73. The number of ether oxygens (including phenoxy) is 1. The molecule has 7 nitrogen and oxygen atoms in total. The number of hydrogen-bond acceptors (Lipinski definition) is 5. The van der Waals surface area contributed by atoms with E-state index in [1.807, 2.05) is 6.07 Å². The molecule has 2 aromatic heterocycles. The van der Waals surface area contributed by atoms with E-state index in [0.29, 0.717) is 29.8 Å². The maximum Gasteiger partial charge on any atom is 0.280 e. The van der Waals surface area contributed by atoms with Crippen molar-refractivity contribution in [3.8, 4) is 0 Å². The number of para-hydroxylation sites is 1. The van der Waals surface area contributed by atoms with Crippen molar-refractivity contribution in [2.24, 2.45) is 0 Å². The van der Waals surface area contributed by atoms with Gasteiger partial charge in [0.2, 0.25) is 5.43 Å². The van der Waals surface area contributed by atoms with Gasteiger partial charge >= 0.3 is 0 Å². The van der Waals surface area contributed by atoms with Crippen LogP contribution in [0.5, 0.6) is 0 Å². The lowest BCUT2D eigenvalue weighted by Gasteiger charge is -2.16. The minimum Gasteiger partial charge on any atom is -0.376 e. The number of carbonyl (C=O) groups excluding carboxylic acids is 1. The molecule has 1 aromatic carbocycles. The van der Waals surface area contributed by atoms with Gasteiger partial charge in [-0.05, 0) is 18.2 Å². The molecule has 1 amide bonds. The van der Waals surface area contributed by atoms with E-state index in [1.165, 1.54) is 0 Å². The van der Waals surface area contributed by atoms with Gasteiger partial charge in [-0.3, -0.25) is 19.7 Å². The molecule has 0 unspecified atom stereocenters. The average molecular weight is 322 g/mol. The lowest BCUT2D eigenvalue weighted by atomic mass is 10.1. The van der Waals surface area contributed by atoms with Crippen LogP contribution in [0.3, 0.4) is 0 Å². The Bertz CT molecular complexity index is 997. The van der Waals surface area contributed by atoms with Crippen molar-refractivity contribution in [2.75, 3.05) is 11.9 Å². The third kappa shape index (κ3) is 2.55. The normalized spacial score (nSPS) is 13.5. The molecular weight excluding hydrogens is 308 g/mol. The molecule has 0 saturated carbocycles. The third-order valence-corrected chi connectivity index (χ3v) is 3.95. The van der Waals surface area contributed by atoms with Gasteiger partial charge < -0.3 is 10.1 Å². The molecule has 3 aromatic rings. The first-order valence-electron chi connectivity index (χ1n) is 7.57. The van der Waals surface area contributed by atoms with Crippen molar-refractivity contribution in [1.29, 1.82) is 0 Å². The van der Waals surface area contributed by atoms with Crippen LogP contribution in [0.2, 0.25) is 0 Å². The summed E-state index contributed by atoms with van der Waals surface area (Å²) < 4.78 is 5.39. The molecule has 0 fully saturated rings. The highest BCUT2D eigenvalue weighted by Crippen LogP contribution is 2.18. The van der Waals surface area contributed by atoms with Gasteiger partial charge in [0.05, 0.1) is 30.6 Å². The van der Waals surface area contributed by atoms with Gasteiger partial charge in [-0.2, -0.15) is 5.10 Å². The van der Waals surface area contributed by atoms with E-state index >= 15 is 0 Å². The summed E-state index contributed by atoms with van der Waals surface area (Å²) >= 11 is 0. The molecule has 0 saturated heterocycles. The zero-order chi connectivity index (χ0) is 16.5. The molecule has 0 radical (unpaired) electrons. The zero-order valence-corrected chi connectivity index (χ0v) is 12.7. The fourth-order valence-corrected chi connectivity index (χ4v) is 2.73. The number of amides is 1. The number of fused-ring (bicyclic) bond motifs is 2. The summed E-state index contributed by atoms with van der Waals surface area (Å²) in [5.41, 5.74) is 2.43. The zero-order valence-electron chi connectivity index (χ0n) is 12.7. The maximum absolute atomic E-state index is 12.4. The number of nitrogens with zero attached hydrogens (tertiary/aromatic N) is 2. The van der Waals surface area contributed by atoms with Gasteiger partial charge in [-0.1, -0.05) is 12.1 Å². The van der Waals surface area contributed by atoms with E-state index < -0.39 is 11.3 Å². The topological polar surface area (TPSA) is 97.0 Å². The summed E-state index contributed by atoms with van der Waals surface area (Å²) in [4.78, 5) is 29.1. The third-order valence-electron chi connectivity index (χ3n) is 3.95. The van der Waals surface area contributed by atoms with Crippen LogP contribution in [-0.2, 0) is 17.8 Å². The highest BCUT2D eigenvalue weighted by atomic mass is 16.5. The number of pyridine rings is 1. The second-order valence-corrected chi connectivity index (χ2v) is 5.53. The van der Waals surface area contributed by atoms with E-state index in [-0.39, 0.29) is 5.69 Å². The molecule has 0 atom stereocenters. The Kier molecular flexibility index (Phi) is 3.55. The van der Waals surface area contributed by atoms with Crippen molar-refractivity contribution < 1.29 is 9.53 Å². The lowest BCUT2D eigenvalue weighted by molar-refractivity contribution is 0.101. The van der Waals surface area contributed by atoms with Gasteiger partial charge in [-0.15, -0.1) is 0 Å². The molecule has 1 aliphatic rings. The van der Waals surface area contributed by atoms with E-state index in [0.717, 1.165) is 17.7 Å². The predicted molar refractivity (Wildman–Crippen MR) is 87.9 cm³/mol. The molecule has 24 heavy (non-hydrogen) atoms. The summed E-state index contributed by atoms with van der Waals surface area (Å²) in [6, 6.07) is 8.74. The van der Waals surface area contributed by atoms with Crippen LogP contribution in [-0.4, -0.2) is 27.7 Å². The number of aromatic amines is 1. The van der Waals surface area contributed by atoms with Crippen molar-refractivity contribution in [3.05, 3.63) is 63.7 Å². The molecular formula is C17H14N4O3. The Morgan fingerprint density at radius 3 is 3.08 bits per heavy atom. The first-order chi connectivity index (χ1) is 11.7. The van der Waals surface area contributed by atoms with Crippen LogP contribution in [0.15, 0.2) is 41.3 Å². The molecule has 7 heteroatoms. The summed E-state index contributed by atoms with van der Waals surface area (Å²) in [7, 11) is 0. The molecule has 3 heterocycles. The van der Waals surface area contributed by atoms with Crippen molar-refractivity contribution >= 4 is 22.5 Å². The number of aromatic nitrogens is 3. The number of nitrogens with one attached hydrogen (secondary N) is 2. The number of hydrogen-bond donors (Lipinski definition) is 2. The molecule has 0 aliphatic carbocycles. The molecule has 0 spiro atoms. The Morgan fingerprint density at radius 2 is 2.17 bits per heavy atom. The maximum atomic E-state index is 12.4. The highest BCUT2D eigenvalue weighted by Gasteiger charge is 2.17. The minimum absolute atomic E-state index is 0.178. The van der Waals surface area contributed by atoms with Crippen LogP contribution < -0.4 is 10.7 Å². The molecule has 120 valence electrons. The second-order valence-electron chi connectivity index (χ2n) is 5.53. The second kappa shape index (κ2) is 5.86. The Balaban J connectivity index is 1.65.